The standard InChI is InChI=1S/C11H12Br2O2/c1-11(2,10(14)15)8-5-3-4-7(6-8)9(12)13/h3-6,9H,1-2H3,(H,14,15). The first-order chi connectivity index (χ1) is 6.85. The molecule has 0 aromatic heterocycles. The number of aliphatic carboxylic acids is 1. The number of alkyl halides is 2. The second kappa shape index (κ2) is 4.66. The molecule has 0 spiro atoms. The summed E-state index contributed by atoms with van der Waals surface area (Å²) in [5.41, 5.74) is 0.962. The molecule has 1 N–H and O–H groups in total. The SMILES string of the molecule is CC(C)(C(=O)O)c1cccc(C(Br)Br)c1. The van der Waals surface area contributed by atoms with Gasteiger partial charge in [0.05, 0.1) is 9.15 Å². The fourth-order valence-electron chi connectivity index (χ4n) is 1.19. The van der Waals surface area contributed by atoms with Gasteiger partial charge in [-0.05, 0) is 25.0 Å². The molecule has 0 fully saturated rings. The summed E-state index contributed by atoms with van der Waals surface area (Å²) in [6, 6.07) is 7.53. The third kappa shape index (κ3) is 2.82. The normalized spacial score (nSPS) is 11.8. The van der Waals surface area contributed by atoms with E-state index < -0.39 is 11.4 Å². The minimum Gasteiger partial charge on any atom is -0.481 e. The van der Waals surface area contributed by atoms with Gasteiger partial charge in [0.25, 0.3) is 0 Å². The van der Waals surface area contributed by atoms with Crippen LogP contribution >= 0.6 is 31.9 Å². The van der Waals surface area contributed by atoms with E-state index in [1.54, 1.807) is 13.8 Å². The maximum Gasteiger partial charge on any atom is 0.313 e. The summed E-state index contributed by atoms with van der Waals surface area (Å²) in [5.74, 6) is -0.819. The first-order valence-corrected chi connectivity index (χ1v) is 6.31. The van der Waals surface area contributed by atoms with Crippen molar-refractivity contribution in [2.75, 3.05) is 0 Å². The molecule has 15 heavy (non-hydrogen) atoms. The molecule has 1 aromatic rings. The number of hydrogen-bond acceptors (Lipinski definition) is 1. The molecule has 0 radical (unpaired) electrons. The minimum atomic E-state index is -0.856. The van der Waals surface area contributed by atoms with Gasteiger partial charge in [0, 0.05) is 0 Å². The lowest BCUT2D eigenvalue weighted by Gasteiger charge is -2.20. The molecule has 0 amide bonds. The van der Waals surface area contributed by atoms with Crippen molar-refractivity contribution in [3.8, 4) is 0 Å². The van der Waals surface area contributed by atoms with Crippen LogP contribution < -0.4 is 0 Å². The van der Waals surface area contributed by atoms with Crippen molar-refractivity contribution in [1.82, 2.24) is 0 Å². The van der Waals surface area contributed by atoms with Crippen LogP contribution in [0, 0.1) is 0 Å². The van der Waals surface area contributed by atoms with Crippen molar-refractivity contribution in [2.45, 2.75) is 23.0 Å². The highest BCUT2D eigenvalue weighted by Gasteiger charge is 2.29. The predicted octanol–water partition coefficient (Wildman–Crippen LogP) is 3.84. The summed E-state index contributed by atoms with van der Waals surface area (Å²) in [5, 5.41) is 9.10. The number of carbonyl (C=O) groups is 1. The molecule has 0 atom stereocenters. The zero-order valence-electron chi connectivity index (χ0n) is 8.50. The van der Waals surface area contributed by atoms with Gasteiger partial charge in [0.15, 0.2) is 0 Å². The van der Waals surface area contributed by atoms with E-state index in [0.717, 1.165) is 11.1 Å². The lowest BCUT2D eigenvalue weighted by atomic mass is 9.84. The highest BCUT2D eigenvalue weighted by molar-refractivity contribution is 9.24. The molecule has 1 rings (SSSR count). The van der Waals surface area contributed by atoms with Crippen LogP contribution in [0.5, 0.6) is 0 Å². The third-order valence-electron chi connectivity index (χ3n) is 2.39. The summed E-state index contributed by atoms with van der Waals surface area (Å²) in [6.07, 6.45) is 0. The van der Waals surface area contributed by atoms with Crippen LogP contribution in [-0.4, -0.2) is 11.1 Å². The van der Waals surface area contributed by atoms with Crippen LogP contribution in [0.2, 0.25) is 0 Å². The van der Waals surface area contributed by atoms with Gasteiger partial charge >= 0.3 is 5.97 Å². The fourth-order valence-corrected chi connectivity index (χ4v) is 1.76. The van der Waals surface area contributed by atoms with E-state index in [9.17, 15) is 4.79 Å². The molecule has 0 saturated carbocycles. The number of rotatable bonds is 3. The van der Waals surface area contributed by atoms with Crippen LogP contribution in [0.4, 0.5) is 0 Å². The van der Waals surface area contributed by atoms with Crippen LogP contribution in [0.15, 0.2) is 24.3 Å². The Labute approximate surface area is 106 Å². The Morgan fingerprint density at radius 3 is 2.47 bits per heavy atom. The van der Waals surface area contributed by atoms with Gasteiger partial charge in [-0.15, -0.1) is 0 Å². The molecule has 4 heteroatoms. The maximum absolute atomic E-state index is 11.1. The Morgan fingerprint density at radius 2 is 2.00 bits per heavy atom. The van der Waals surface area contributed by atoms with Crippen molar-refractivity contribution in [1.29, 1.82) is 0 Å². The zero-order chi connectivity index (χ0) is 11.6. The molecular weight excluding hydrogens is 324 g/mol. The molecule has 0 heterocycles. The largest absolute Gasteiger partial charge is 0.481 e. The highest BCUT2D eigenvalue weighted by atomic mass is 79.9. The van der Waals surface area contributed by atoms with E-state index in [2.05, 4.69) is 31.9 Å². The zero-order valence-corrected chi connectivity index (χ0v) is 11.7. The first-order valence-electron chi connectivity index (χ1n) is 4.47. The molecule has 2 nitrogen and oxygen atoms in total. The highest BCUT2D eigenvalue weighted by Crippen LogP contribution is 2.32. The average molecular weight is 336 g/mol. The van der Waals surface area contributed by atoms with Crippen molar-refractivity contribution in [3.05, 3.63) is 35.4 Å². The van der Waals surface area contributed by atoms with Gasteiger partial charge in [0.1, 0.15) is 0 Å². The lowest BCUT2D eigenvalue weighted by Crippen LogP contribution is -2.28. The van der Waals surface area contributed by atoms with Crippen LogP contribution in [0.3, 0.4) is 0 Å². The molecule has 0 unspecified atom stereocenters. The predicted molar refractivity (Wildman–Crippen MR) is 67.7 cm³/mol. The summed E-state index contributed by atoms with van der Waals surface area (Å²) >= 11 is 6.78. The second-order valence-corrected chi connectivity index (χ2v) is 6.92. The number of halogens is 2. The lowest BCUT2D eigenvalue weighted by molar-refractivity contribution is -0.142. The van der Waals surface area contributed by atoms with Crippen molar-refractivity contribution in [2.24, 2.45) is 0 Å². The van der Waals surface area contributed by atoms with Crippen molar-refractivity contribution in [3.63, 3.8) is 0 Å². The van der Waals surface area contributed by atoms with E-state index >= 15 is 0 Å². The van der Waals surface area contributed by atoms with E-state index in [-0.39, 0.29) is 3.74 Å². The molecule has 82 valence electrons. The van der Waals surface area contributed by atoms with E-state index in [1.165, 1.54) is 0 Å². The van der Waals surface area contributed by atoms with Crippen molar-refractivity contribution >= 4 is 37.8 Å². The fraction of sp³-hybridized carbons (Fsp3) is 0.364. The summed E-state index contributed by atoms with van der Waals surface area (Å²) in [6.45, 7) is 3.40. The third-order valence-corrected chi connectivity index (χ3v) is 3.45. The van der Waals surface area contributed by atoms with E-state index in [0.29, 0.717) is 0 Å². The van der Waals surface area contributed by atoms with E-state index in [1.807, 2.05) is 24.3 Å². The first kappa shape index (κ1) is 12.7. The molecular formula is C11H12Br2O2. The Hall–Kier alpha value is -0.350. The minimum absolute atomic E-state index is 0.0505. The topological polar surface area (TPSA) is 37.3 Å². The van der Waals surface area contributed by atoms with Crippen LogP contribution in [0.1, 0.15) is 28.7 Å². The van der Waals surface area contributed by atoms with Crippen LogP contribution in [0.25, 0.3) is 0 Å². The molecule has 0 bridgehead atoms. The van der Waals surface area contributed by atoms with Crippen LogP contribution in [-0.2, 0) is 10.2 Å². The second-order valence-electron chi connectivity index (χ2n) is 3.86. The Morgan fingerprint density at radius 1 is 1.40 bits per heavy atom. The van der Waals surface area contributed by atoms with Gasteiger partial charge in [-0.2, -0.15) is 0 Å². The van der Waals surface area contributed by atoms with Crippen molar-refractivity contribution < 1.29 is 9.90 Å². The molecule has 1 aromatic carbocycles. The summed E-state index contributed by atoms with van der Waals surface area (Å²) < 4.78 is 0.0505. The smallest absolute Gasteiger partial charge is 0.313 e. The van der Waals surface area contributed by atoms with Gasteiger partial charge in [-0.3, -0.25) is 4.79 Å². The average Bonchev–Trinajstić information content (AvgIpc) is 2.17. The maximum atomic E-state index is 11.1. The summed E-state index contributed by atoms with van der Waals surface area (Å²) in [7, 11) is 0. The van der Waals surface area contributed by atoms with Gasteiger partial charge in [0.2, 0.25) is 0 Å². The molecule has 0 saturated heterocycles. The molecule has 0 aliphatic carbocycles. The molecule has 0 aliphatic rings. The number of carboxylic acid groups (broad SMARTS) is 1. The summed E-state index contributed by atoms with van der Waals surface area (Å²) in [4.78, 5) is 11.1. The Balaban J connectivity index is 3.16. The quantitative estimate of drug-likeness (QED) is 0.852. The van der Waals surface area contributed by atoms with E-state index in [4.69, 9.17) is 5.11 Å². The van der Waals surface area contributed by atoms with Gasteiger partial charge < -0.3 is 5.11 Å². The Bertz CT molecular complexity index is 373. The van der Waals surface area contributed by atoms with Gasteiger partial charge in [-0.25, -0.2) is 0 Å². The van der Waals surface area contributed by atoms with Gasteiger partial charge in [-0.1, -0.05) is 56.1 Å². The number of benzene rings is 1. The number of carboxylic acids is 1. The molecule has 0 aliphatic heterocycles. The number of hydrogen-bond donors (Lipinski definition) is 1. The monoisotopic (exact) mass is 334 g/mol. The Kier molecular flexibility index (Phi) is 3.95.